The van der Waals surface area contributed by atoms with Gasteiger partial charge in [-0.15, -0.1) is 0 Å². The van der Waals surface area contributed by atoms with Crippen molar-refractivity contribution < 1.29 is 8.42 Å². The van der Waals surface area contributed by atoms with Crippen LogP contribution in [0.3, 0.4) is 0 Å². The number of nitrogens with zero attached hydrogens (tertiary/aromatic N) is 1. The Kier molecular flexibility index (Phi) is 4.26. The second-order valence-electron chi connectivity index (χ2n) is 6.66. The number of rotatable bonds is 3. The molecule has 120 valence electrons. The van der Waals surface area contributed by atoms with E-state index in [9.17, 15) is 8.42 Å². The molecule has 4 nitrogen and oxygen atoms in total. The first-order chi connectivity index (χ1) is 10.5. The molecule has 0 atom stereocenters. The summed E-state index contributed by atoms with van der Waals surface area (Å²) < 4.78 is 24.7. The molecule has 1 N–H and O–H groups in total. The molecule has 0 heterocycles. The summed E-state index contributed by atoms with van der Waals surface area (Å²) in [6.45, 7) is 1.94. The molecule has 2 fully saturated rings. The highest BCUT2D eigenvalue weighted by molar-refractivity contribution is 7.89. The zero-order valence-corrected chi connectivity index (χ0v) is 14.0. The minimum Gasteiger partial charge on any atom is -0.200 e. The fraction of sp³-hybridized carbons (Fsp3) is 0.588. The van der Waals surface area contributed by atoms with Crippen LogP contribution in [-0.2, 0) is 10.0 Å². The Bertz CT molecular complexity index is 656. The van der Waals surface area contributed by atoms with E-state index in [0.717, 1.165) is 43.4 Å². The molecule has 22 heavy (non-hydrogen) atoms. The summed E-state index contributed by atoms with van der Waals surface area (Å²) in [5.41, 5.74) is 2.29. The van der Waals surface area contributed by atoms with E-state index in [1.807, 2.05) is 6.92 Å². The van der Waals surface area contributed by atoms with E-state index in [-0.39, 0.29) is 10.3 Å². The van der Waals surface area contributed by atoms with E-state index >= 15 is 0 Å². The van der Waals surface area contributed by atoms with Crippen molar-refractivity contribution in [3.8, 4) is 0 Å². The van der Waals surface area contributed by atoms with Crippen LogP contribution >= 0.6 is 0 Å². The highest BCUT2D eigenvalue weighted by Gasteiger charge is 2.40. The minimum absolute atomic E-state index is 0.175. The molecule has 2 aliphatic rings. The van der Waals surface area contributed by atoms with E-state index in [1.54, 1.807) is 24.3 Å². The fourth-order valence-corrected chi connectivity index (χ4v) is 4.65. The fourth-order valence-electron chi connectivity index (χ4n) is 3.82. The van der Waals surface area contributed by atoms with Gasteiger partial charge in [-0.2, -0.15) is 13.5 Å². The van der Waals surface area contributed by atoms with Crippen molar-refractivity contribution in [2.45, 2.75) is 63.2 Å². The smallest absolute Gasteiger partial charge is 0.200 e. The predicted octanol–water partition coefficient (Wildman–Crippen LogP) is 3.76. The molecule has 0 aliphatic heterocycles. The van der Waals surface area contributed by atoms with Crippen LogP contribution in [0.4, 0.5) is 0 Å². The molecule has 5 heteroatoms. The Morgan fingerprint density at radius 2 is 1.59 bits per heavy atom. The minimum atomic E-state index is -3.56. The number of hydrogen-bond acceptors (Lipinski definition) is 3. The van der Waals surface area contributed by atoms with Gasteiger partial charge in [0.25, 0.3) is 10.0 Å². The molecule has 0 bridgehead atoms. The molecule has 2 saturated carbocycles. The summed E-state index contributed by atoms with van der Waals surface area (Å²) in [7, 11) is -3.56. The Morgan fingerprint density at radius 3 is 2.23 bits per heavy atom. The van der Waals surface area contributed by atoms with Gasteiger partial charge in [0.15, 0.2) is 0 Å². The standard InChI is InChI=1S/C17H24N2O2S/c1-14-7-9-15(10-8-14)22(20,21)19-18-16-6-2-3-11-17(16)12-4-5-13-17/h7-10,19H,2-6,11-13H2,1H3/b18-16+. The van der Waals surface area contributed by atoms with Crippen LogP contribution in [-0.4, -0.2) is 14.1 Å². The molecular formula is C17H24N2O2S. The average molecular weight is 320 g/mol. The number of hydrazone groups is 1. The average Bonchev–Trinajstić information content (AvgIpc) is 2.96. The van der Waals surface area contributed by atoms with Gasteiger partial charge in [0.2, 0.25) is 0 Å². The number of hydrogen-bond donors (Lipinski definition) is 1. The molecule has 0 radical (unpaired) electrons. The number of nitrogens with one attached hydrogen (secondary N) is 1. The summed E-state index contributed by atoms with van der Waals surface area (Å²) >= 11 is 0. The molecular weight excluding hydrogens is 296 g/mol. The van der Waals surface area contributed by atoms with Gasteiger partial charge in [-0.1, -0.05) is 37.0 Å². The Labute approximate surface area is 133 Å². The summed E-state index contributed by atoms with van der Waals surface area (Å²) in [5, 5.41) is 4.37. The van der Waals surface area contributed by atoms with Crippen molar-refractivity contribution in [1.29, 1.82) is 0 Å². The van der Waals surface area contributed by atoms with Gasteiger partial charge in [-0.25, -0.2) is 4.83 Å². The third-order valence-corrected chi connectivity index (χ3v) is 6.35. The van der Waals surface area contributed by atoms with E-state index in [2.05, 4.69) is 9.93 Å². The molecule has 2 aliphatic carbocycles. The Balaban J connectivity index is 1.81. The van der Waals surface area contributed by atoms with Crippen molar-refractivity contribution in [1.82, 2.24) is 4.83 Å². The zero-order valence-electron chi connectivity index (χ0n) is 13.1. The normalized spacial score (nSPS) is 23.0. The Morgan fingerprint density at radius 1 is 1.00 bits per heavy atom. The highest BCUT2D eigenvalue weighted by atomic mass is 32.2. The molecule has 0 saturated heterocycles. The maximum atomic E-state index is 12.4. The van der Waals surface area contributed by atoms with Crippen LogP contribution in [0.2, 0.25) is 0 Å². The van der Waals surface area contributed by atoms with Crippen LogP contribution in [0.5, 0.6) is 0 Å². The third-order valence-electron chi connectivity index (χ3n) is 5.12. The first kappa shape index (κ1) is 15.5. The monoisotopic (exact) mass is 320 g/mol. The lowest BCUT2D eigenvalue weighted by atomic mass is 9.71. The first-order valence-electron chi connectivity index (χ1n) is 8.17. The van der Waals surface area contributed by atoms with E-state index in [1.165, 1.54) is 19.3 Å². The molecule has 1 spiro atoms. The lowest BCUT2D eigenvalue weighted by Crippen LogP contribution is -2.34. The number of benzene rings is 1. The van der Waals surface area contributed by atoms with Crippen LogP contribution in [0.1, 0.15) is 56.9 Å². The van der Waals surface area contributed by atoms with Gasteiger partial charge in [-0.05, 0) is 51.2 Å². The van der Waals surface area contributed by atoms with Gasteiger partial charge < -0.3 is 0 Å². The van der Waals surface area contributed by atoms with Gasteiger partial charge in [0.1, 0.15) is 0 Å². The molecule has 0 aromatic heterocycles. The van der Waals surface area contributed by atoms with Crippen molar-refractivity contribution in [2.24, 2.45) is 10.5 Å². The SMILES string of the molecule is Cc1ccc(S(=O)(=O)N/N=C2\CCCCC23CCCC3)cc1. The van der Waals surface area contributed by atoms with Crippen LogP contribution < -0.4 is 4.83 Å². The maximum absolute atomic E-state index is 12.4. The molecule has 3 rings (SSSR count). The quantitative estimate of drug-likeness (QED) is 0.862. The largest absolute Gasteiger partial charge is 0.276 e. The van der Waals surface area contributed by atoms with Gasteiger partial charge in [-0.3, -0.25) is 0 Å². The van der Waals surface area contributed by atoms with Crippen molar-refractivity contribution >= 4 is 15.7 Å². The maximum Gasteiger partial charge on any atom is 0.276 e. The summed E-state index contributed by atoms with van der Waals surface area (Å²) in [5.74, 6) is 0. The van der Waals surface area contributed by atoms with Gasteiger partial charge in [0.05, 0.1) is 4.90 Å². The van der Waals surface area contributed by atoms with Crippen LogP contribution in [0.15, 0.2) is 34.3 Å². The third kappa shape index (κ3) is 3.05. The van der Waals surface area contributed by atoms with E-state index in [0.29, 0.717) is 0 Å². The predicted molar refractivity (Wildman–Crippen MR) is 88.3 cm³/mol. The summed E-state index contributed by atoms with van der Waals surface area (Å²) in [6.07, 6.45) is 9.26. The molecule has 1 aromatic rings. The topological polar surface area (TPSA) is 58.5 Å². The number of sulfonamides is 1. The van der Waals surface area contributed by atoms with Crippen molar-refractivity contribution in [2.75, 3.05) is 0 Å². The molecule has 0 unspecified atom stereocenters. The van der Waals surface area contributed by atoms with Crippen molar-refractivity contribution in [3.05, 3.63) is 29.8 Å². The number of aryl methyl sites for hydroxylation is 1. The summed E-state index contributed by atoms with van der Waals surface area (Å²) in [4.78, 5) is 2.75. The second kappa shape index (κ2) is 6.03. The highest BCUT2D eigenvalue weighted by Crippen LogP contribution is 2.47. The van der Waals surface area contributed by atoms with Crippen LogP contribution in [0, 0.1) is 12.3 Å². The van der Waals surface area contributed by atoms with Gasteiger partial charge >= 0.3 is 0 Å². The first-order valence-corrected chi connectivity index (χ1v) is 9.66. The van der Waals surface area contributed by atoms with Crippen LogP contribution in [0.25, 0.3) is 0 Å². The van der Waals surface area contributed by atoms with E-state index in [4.69, 9.17) is 0 Å². The van der Waals surface area contributed by atoms with Gasteiger partial charge in [0, 0.05) is 11.1 Å². The molecule has 1 aromatic carbocycles. The summed E-state index contributed by atoms with van der Waals surface area (Å²) in [6, 6.07) is 6.87. The Hall–Kier alpha value is -1.36. The van der Waals surface area contributed by atoms with E-state index < -0.39 is 10.0 Å². The lowest BCUT2D eigenvalue weighted by Gasteiger charge is -2.34. The lowest BCUT2D eigenvalue weighted by molar-refractivity contribution is 0.348. The molecule has 0 amide bonds. The van der Waals surface area contributed by atoms with Crippen molar-refractivity contribution in [3.63, 3.8) is 0 Å². The zero-order chi connectivity index (χ0) is 15.6. The second-order valence-corrected chi connectivity index (χ2v) is 8.32.